The molecule has 5 rings (SSSR count). The van der Waals surface area contributed by atoms with E-state index in [2.05, 4.69) is 21.2 Å². The van der Waals surface area contributed by atoms with Gasteiger partial charge in [-0.3, -0.25) is 20.2 Å². The molecule has 0 radical (unpaired) electrons. The van der Waals surface area contributed by atoms with Gasteiger partial charge in [-0.1, -0.05) is 40.2 Å². The molecule has 0 saturated heterocycles. The number of ether oxygens (including phenoxy) is 1. The number of nitro groups is 2. The second kappa shape index (κ2) is 9.91. The van der Waals surface area contributed by atoms with E-state index in [9.17, 15) is 20.2 Å². The zero-order valence-electron chi connectivity index (χ0n) is 19.0. The molecule has 0 spiro atoms. The zero-order chi connectivity index (χ0) is 25.6. The van der Waals surface area contributed by atoms with Gasteiger partial charge in [0.15, 0.2) is 0 Å². The number of halogens is 2. The fourth-order valence-electron chi connectivity index (χ4n) is 5.31. The lowest BCUT2D eigenvalue weighted by molar-refractivity contribution is -0.387. The largest absolute Gasteiger partial charge is 0.494 e. The van der Waals surface area contributed by atoms with Gasteiger partial charge in [-0.2, -0.15) is 0 Å². The Morgan fingerprint density at radius 2 is 1.81 bits per heavy atom. The summed E-state index contributed by atoms with van der Waals surface area (Å²) >= 11 is 12.0. The zero-order valence-corrected chi connectivity index (χ0v) is 22.1. The molecule has 1 N–H and O–H groups in total. The summed E-state index contributed by atoms with van der Waals surface area (Å²) in [5, 5.41) is 26.3. The van der Waals surface area contributed by atoms with E-state index in [1.54, 1.807) is 24.3 Å². The number of thioether (sulfide) groups is 1. The van der Waals surface area contributed by atoms with Crippen molar-refractivity contribution in [1.29, 1.82) is 0 Å². The first-order valence-electron chi connectivity index (χ1n) is 11.2. The van der Waals surface area contributed by atoms with E-state index in [1.807, 2.05) is 24.3 Å². The van der Waals surface area contributed by atoms with Crippen LogP contribution >= 0.6 is 39.3 Å². The normalized spacial score (nSPS) is 24.4. The SMILES string of the molecule is COc1cc([N+](=O)[O-])cc2c1N[C@H](c1ccc(Br)cc1)[C@@H]1C[C@H](Sc3ccccc3[N+](=O)[O-])[C@H](Cl)[C@H]21. The number of methoxy groups -OCH3 is 1. The molecule has 0 aromatic heterocycles. The minimum atomic E-state index is -0.434. The van der Waals surface area contributed by atoms with Gasteiger partial charge in [0, 0.05) is 27.8 Å². The number of nitro benzene ring substituents is 2. The molecule has 0 amide bonds. The van der Waals surface area contributed by atoms with Gasteiger partial charge in [0.25, 0.3) is 11.4 Å². The van der Waals surface area contributed by atoms with E-state index in [1.165, 1.54) is 31.0 Å². The van der Waals surface area contributed by atoms with E-state index in [0.29, 0.717) is 22.8 Å². The first-order valence-corrected chi connectivity index (χ1v) is 13.3. The molecule has 0 unspecified atom stereocenters. The van der Waals surface area contributed by atoms with Crippen LogP contribution in [0.3, 0.4) is 0 Å². The first kappa shape index (κ1) is 24.9. The average Bonchev–Trinajstić information content (AvgIpc) is 3.19. The van der Waals surface area contributed by atoms with Crippen LogP contribution in [0.15, 0.2) is 70.0 Å². The van der Waals surface area contributed by atoms with Crippen molar-refractivity contribution in [3.05, 3.63) is 96.5 Å². The highest BCUT2D eigenvalue weighted by atomic mass is 79.9. The van der Waals surface area contributed by atoms with Crippen LogP contribution in [0, 0.1) is 26.1 Å². The Labute approximate surface area is 224 Å². The van der Waals surface area contributed by atoms with Gasteiger partial charge >= 0.3 is 0 Å². The number of nitrogens with one attached hydrogen (secondary N) is 1. The standard InChI is InChI=1S/C25H21BrClN3O5S/c1-35-19-11-15(29(31)32)10-16-22-17(24(28-25(16)19)13-6-8-14(26)9-7-13)12-21(23(22)27)36-20-5-3-2-4-18(20)30(33)34/h2-11,17,21-24,28H,12H2,1H3/t17-,21+,22-,23+,24-/m1/s1. The number of benzene rings is 3. The smallest absolute Gasteiger partial charge is 0.282 e. The van der Waals surface area contributed by atoms with Crippen molar-refractivity contribution < 1.29 is 14.6 Å². The van der Waals surface area contributed by atoms with Crippen molar-refractivity contribution in [2.75, 3.05) is 12.4 Å². The van der Waals surface area contributed by atoms with Crippen molar-refractivity contribution in [2.24, 2.45) is 5.92 Å². The number of para-hydroxylation sites is 1. The van der Waals surface area contributed by atoms with Crippen molar-refractivity contribution in [2.45, 2.75) is 33.9 Å². The van der Waals surface area contributed by atoms with Crippen LogP contribution in [0.5, 0.6) is 5.75 Å². The third kappa shape index (κ3) is 4.42. The second-order valence-electron chi connectivity index (χ2n) is 8.79. The van der Waals surface area contributed by atoms with Gasteiger partial charge < -0.3 is 10.1 Å². The van der Waals surface area contributed by atoms with E-state index >= 15 is 0 Å². The van der Waals surface area contributed by atoms with Gasteiger partial charge in [0.1, 0.15) is 5.75 Å². The van der Waals surface area contributed by atoms with Crippen molar-refractivity contribution >= 4 is 56.4 Å². The van der Waals surface area contributed by atoms with Crippen molar-refractivity contribution in [3.8, 4) is 5.75 Å². The van der Waals surface area contributed by atoms with E-state index < -0.39 is 10.3 Å². The molecular formula is C25H21BrClN3O5S. The maximum absolute atomic E-state index is 11.7. The van der Waals surface area contributed by atoms with E-state index in [4.69, 9.17) is 16.3 Å². The lowest BCUT2D eigenvalue weighted by Gasteiger charge is -2.38. The highest BCUT2D eigenvalue weighted by molar-refractivity contribution is 9.10. The molecule has 5 atom stereocenters. The molecule has 3 aromatic rings. The molecule has 1 aliphatic carbocycles. The Balaban J connectivity index is 1.60. The molecule has 1 heterocycles. The lowest BCUT2D eigenvalue weighted by atomic mass is 9.77. The van der Waals surface area contributed by atoms with Gasteiger partial charge in [-0.05, 0) is 41.7 Å². The number of hydrogen-bond acceptors (Lipinski definition) is 7. The fraction of sp³-hybridized carbons (Fsp3) is 0.280. The molecule has 36 heavy (non-hydrogen) atoms. The molecule has 1 saturated carbocycles. The number of anilines is 1. The average molecular weight is 591 g/mol. The number of rotatable bonds is 6. The van der Waals surface area contributed by atoms with E-state index in [0.717, 1.165) is 15.6 Å². The van der Waals surface area contributed by atoms with Crippen molar-refractivity contribution in [1.82, 2.24) is 0 Å². The highest BCUT2D eigenvalue weighted by Crippen LogP contribution is 2.60. The third-order valence-electron chi connectivity index (χ3n) is 6.87. The van der Waals surface area contributed by atoms with Crippen LogP contribution in [0.25, 0.3) is 0 Å². The van der Waals surface area contributed by atoms with Crippen LogP contribution in [0.1, 0.15) is 29.5 Å². The van der Waals surface area contributed by atoms with Gasteiger partial charge in [0.2, 0.25) is 0 Å². The third-order valence-corrected chi connectivity index (χ3v) is 9.51. The molecule has 0 bridgehead atoms. The summed E-state index contributed by atoms with van der Waals surface area (Å²) in [5.41, 5.74) is 2.47. The summed E-state index contributed by atoms with van der Waals surface area (Å²) in [6.07, 6.45) is 0.674. The van der Waals surface area contributed by atoms with Gasteiger partial charge in [-0.15, -0.1) is 23.4 Å². The summed E-state index contributed by atoms with van der Waals surface area (Å²) in [7, 11) is 1.49. The topological polar surface area (TPSA) is 108 Å². The minimum absolute atomic E-state index is 0.00755. The lowest BCUT2D eigenvalue weighted by Crippen LogP contribution is -2.31. The van der Waals surface area contributed by atoms with Crippen LogP contribution in [-0.2, 0) is 0 Å². The summed E-state index contributed by atoms with van der Waals surface area (Å²) in [6, 6.07) is 17.5. The predicted octanol–water partition coefficient (Wildman–Crippen LogP) is 7.31. The Bertz CT molecular complexity index is 1340. The Kier molecular flexibility index (Phi) is 6.84. The molecule has 1 fully saturated rings. The number of non-ortho nitro benzene ring substituents is 1. The number of hydrogen-bond donors (Lipinski definition) is 1. The minimum Gasteiger partial charge on any atom is -0.494 e. The maximum atomic E-state index is 11.7. The summed E-state index contributed by atoms with van der Waals surface area (Å²) in [6.45, 7) is 0. The molecule has 8 nitrogen and oxygen atoms in total. The molecular weight excluding hydrogens is 570 g/mol. The Morgan fingerprint density at radius 3 is 2.47 bits per heavy atom. The summed E-state index contributed by atoms with van der Waals surface area (Å²) < 4.78 is 6.51. The Morgan fingerprint density at radius 1 is 1.08 bits per heavy atom. The molecule has 2 aliphatic rings. The highest BCUT2D eigenvalue weighted by Gasteiger charge is 2.51. The fourth-order valence-corrected chi connectivity index (χ4v) is 7.52. The number of fused-ring (bicyclic) bond motifs is 3. The van der Waals surface area contributed by atoms with E-state index in [-0.39, 0.29) is 39.4 Å². The summed E-state index contributed by atoms with van der Waals surface area (Å²) in [4.78, 5) is 23.0. The van der Waals surface area contributed by atoms with Crippen LogP contribution in [-0.4, -0.2) is 27.6 Å². The van der Waals surface area contributed by atoms with Crippen molar-refractivity contribution in [3.63, 3.8) is 0 Å². The number of nitrogens with zero attached hydrogens (tertiary/aromatic N) is 2. The molecule has 11 heteroatoms. The van der Waals surface area contributed by atoms with Crippen LogP contribution < -0.4 is 10.1 Å². The molecule has 3 aromatic carbocycles. The second-order valence-corrected chi connectivity index (χ2v) is 11.5. The van der Waals surface area contributed by atoms with Gasteiger partial charge in [-0.25, -0.2) is 0 Å². The Hall–Kier alpha value is -2.82. The maximum Gasteiger partial charge on any atom is 0.282 e. The van der Waals surface area contributed by atoms with Crippen LogP contribution in [0.4, 0.5) is 17.1 Å². The van der Waals surface area contributed by atoms with Gasteiger partial charge in [0.05, 0.1) is 45.0 Å². The predicted molar refractivity (Wildman–Crippen MR) is 143 cm³/mol. The summed E-state index contributed by atoms with van der Waals surface area (Å²) in [5.74, 6) is 0.178. The van der Waals surface area contributed by atoms with Crippen LogP contribution in [0.2, 0.25) is 0 Å². The monoisotopic (exact) mass is 589 g/mol. The molecule has 186 valence electrons. The number of alkyl halides is 1. The quantitative estimate of drug-likeness (QED) is 0.182. The molecule has 1 aliphatic heterocycles. The first-order chi connectivity index (χ1) is 17.3.